The lowest BCUT2D eigenvalue weighted by Crippen LogP contribution is -1.93. The normalized spacial score (nSPS) is 31.7. The monoisotopic (exact) mass is 300 g/mol. The lowest BCUT2D eigenvalue weighted by atomic mass is 10.1. The van der Waals surface area contributed by atoms with Gasteiger partial charge in [0.15, 0.2) is 0 Å². The highest BCUT2D eigenvalue weighted by molar-refractivity contribution is 5.66. The van der Waals surface area contributed by atoms with Crippen molar-refractivity contribution in [2.24, 2.45) is 0 Å². The Kier molecular flexibility index (Phi) is 7.12. The van der Waals surface area contributed by atoms with Gasteiger partial charge in [-0.3, -0.25) is 4.79 Å². The van der Waals surface area contributed by atoms with Crippen LogP contribution in [0.1, 0.15) is 89.5 Å². The minimum absolute atomic E-state index is 0.0140. The number of hydrogen-bond acceptors (Lipinski definition) is 2. The van der Waals surface area contributed by atoms with Gasteiger partial charge in [0.25, 0.3) is 0 Å². The molecule has 0 radical (unpaired) electrons. The van der Waals surface area contributed by atoms with Crippen molar-refractivity contribution < 1.29 is 20.1 Å². The number of carboxylic acids is 1. The number of epoxide rings is 1. The maximum Gasteiger partial charge on any atom is 0.303 e. The van der Waals surface area contributed by atoms with Crippen LogP contribution in [-0.2, 0) is 9.53 Å². The third kappa shape index (κ3) is 10.5. The van der Waals surface area contributed by atoms with Crippen LogP contribution in [0.5, 0.6) is 0 Å². The van der Waals surface area contributed by atoms with Crippen molar-refractivity contribution in [3.63, 3.8) is 0 Å². The maximum absolute atomic E-state index is 10.4. The van der Waals surface area contributed by atoms with Gasteiger partial charge in [0.05, 0.1) is 17.6 Å². The first-order valence-electron chi connectivity index (χ1n) is 10.3. The molecular formula is C18H32O3. The molecule has 0 spiro atoms. The first-order valence-corrected chi connectivity index (χ1v) is 8.31. The molecule has 0 saturated carbocycles. The summed E-state index contributed by atoms with van der Waals surface area (Å²) >= 11 is 0. The van der Waals surface area contributed by atoms with E-state index in [0.29, 0.717) is 19.3 Å². The van der Waals surface area contributed by atoms with Crippen molar-refractivity contribution in [1.29, 1.82) is 0 Å². The Labute approximate surface area is 135 Å². The van der Waals surface area contributed by atoms with Gasteiger partial charge in [-0.1, -0.05) is 57.6 Å². The maximum atomic E-state index is 10.4. The van der Waals surface area contributed by atoms with Crippen LogP contribution in [-0.4, -0.2) is 23.2 Å². The third-order valence-electron chi connectivity index (χ3n) is 3.59. The highest BCUT2D eigenvalue weighted by Crippen LogP contribution is 2.30. The van der Waals surface area contributed by atoms with Crippen LogP contribution in [0, 0.1) is 0 Å². The smallest absolute Gasteiger partial charge is 0.303 e. The average Bonchev–Trinajstić information content (AvgIpc) is 3.06. The van der Waals surface area contributed by atoms with E-state index in [1.165, 1.54) is 0 Å². The first kappa shape index (κ1) is 12.7. The molecule has 1 fully saturated rings. The molecule has 1 aliphatic heterocycles. The van der Waals surface area contributed by atoms with Crippen LogP contribution in [0.25, 0.3) is 0 Å². The van der Waals surface area contributed by atoms with Crippen molar-refractivity contribution in [1.82, 2.24) is 0 Å². The molecule has 1 rings (SSSR count). The molecule has 3 nitrogen and oxygen atoms in total. The number of aliphatic carboxylic acids is 1. The summed E-state index contributed by atoms with van der Waals surface area (Å²) < 4.78 is 37.6. The van der Waals surface area contributed by atoms with E-state index in [0.717, 1.165) is 44.9 Å². The van der Waals surface area contributed by atoms with Crippen LogP contribution >= 0.6 is 0 Å². The van der Waals surface area contributed by atoms with E-state index < -0.39 is 18.1 Å². The molecule has 0 bridgehead atoms. The van der Waals surface area contributed by atoms with E-state index in [9.17, 15) is 4.79 Å². The zero-order valence-corrected chi connectivity index (χ0v) is 13.2. The lowest BCUT2D eigenvalue weighted by Gasteiger charge is -1.98. The molecule has 0 unspecified atom stereocenters. The largest absolute Gasteiger partial charge is 0.481 e. The van der Waals surface area contributed by atoms with Crippen LogP contribution in [0.3, 0.4) is 0 Å². The van der Waals surface area contributed by atoms with Gasteiger partial charge in [-0.25, -0.2) is 0 Å². The molecule has 0 aliphatic carbocycles. The van der Waals surface area contributed by atoms with E-state index in [2.05, 4.69) is 6.92 Å². The van der Waals surface area contributed by atoms with Crippen molar-refractivity contribution in [3.8, 4) is 0 Å². The van der Waals surface area contributed by atoms with Crippen LogP contribution in [0.2, 0.25) is 0 Å². The number of carbonyl (C=O) groups is 1. The van der Waals surface area contributed by atoms with E-state index in [1.807, 2.05) is 0 Å². The van der Waals surface area contributed by atoms with Gasteiger partial charge in [-0.05, 0) is 32.1 Å². The lowest BCUT2D eigenvalue weighted by molar-refractivity contribution is -0.137. The summed E-state index contributed by atoms with van der Waals surface area (Å²) in [6.07, 6.45) is 5.79. The quantitative estimate of drug-likeness (QED) is 0.276. The van der Waals surface area contributed by atoms with E-state index in [1.54, 1.807) is 0 Å². The number of carboxylic acid groups (broad SMARTS) is 1. The van der Waals surface area contributed by atoms with Crippen molar-refractivity contribution in [2.45, 2.75) is 96.1 Å². The summed E-state index contributed by atoms with van der Waals surface area (Å²) in [5.74, 6) is -0.762. The van der Waals surface area contributed by atoms with Gasteiger partial charge >= 0.3 is 5.97 Å². The minimum Gasteiger partial charge on any atom is -0.481 e. The van der Waals surface area contributed by atoms with E-state index in [4.69, 9.17) is 15.3 Å². The summed E-state index contributed by atoms with van der Waals surface area (Å²) in [5, 5.41) is 8.55. The summed E-state index contributed by atoms with van der Waals surface area (Å²) in [6.45, 7) is 2.08. The predicted molar refractivity (Wildman–Crippen MR) is 86.5 cm³/mol. The molecule has 3 heteroatoms. The fourth-order valence-corrected chi connectivity index (χ4v) is 2.23. The average molecular weight is 300 g/mol. The van der Waals surface area contributed by atoms with Crippen molar-refractivity contribution in [3.05, 3.63) is 12.1 Å². The first-order chi connectivity index (χ1) is 11.7. The minimum atomic E-state index is -1.36. The molecule has 1 N–H and O–H groups in total. The molecule has 21 heavy (non-hydrogen) atoms. The van der Waals surface area contributed by atoms with Crippen LogP contribution in [0.4, 0.5) is 0 Å². The third-order valence-corrected chi connectivity index (χ3v) is 3.59. The van der Waals surface area contributed by atoms with Crippen LogP contribution < -0.4 is 0 Å². The second-order valence-electron chi connectivity index (χ2n) is 5.60. The Bertz CT molecular complexity index is 469. The van der Waals surface area contributed by atoms with Crippen LogP contribution in [0.15, 0.2) is 12.1 Å². The zero-order valence-electron chi connectivity index (χ0n) is 17.2. The number of rotatable bonds is 14. The molecule has 0 aromatic rings. The molecule has 0 aromatic heterocycles. The van der Waals surface area contributed by atoms with Gasteiger partial charge in [-0.15, -0.1) is 0 Å². The number of allylic oxidation sites excluding steroid dienone is 1. The standard InChI is InChI=1S/C18H32O3/c1-2-3-10-13-16-17(21-16)14-11-8-6-4-5-7-9-12-15-18(19)20/h8,11,16-17H,2-7,9-10,12-15H2,1H3,(H,19,20)/b11-8-/t16-,17+/m1/s1/i8D,11D,16D,17D. The molecule has 0 amide bonds. The van der Waals surface area contributed by atoms with E-state index >= 15 is 0 Å². The highest BCUT2D eigenvalue weighted by Gasteiger charge is 2.36. The van der Waals surface area contributed by atoms with Crippen molar-refractivity contribution in [2.75, 3.05) is 0 Å². The fourth-order valence-electron chi connectivity index (χ4n) is 2.23. The Morgan fingerprint density at radius 2 is 1.90 bits per heavy atom. The number of ether oxygens (including phenoxy) is 1. The van der Waals surface area contributed by atoms with Crippen molar-refractivity contribution >= 4 is 5.97 Å². The topological polar surface area (TPSA) is 49.8 Å². The second kappa shape index (κ2) is 11.8. The molecule has 1 aliphatic rings. The summed E-state index contributed by atoms with van der Waals surface area (Å²) in [4.78, 5) is 10.4. The Morgan fingerprint density at radius 3 is 2.67 bits per heavy atom. The summed E-state index contributed by atoms with van der Waals surface area (Å²) in [6, 6.07) is 0.328. The summed E-state index contributed by atoms with van der Waals surface area (Å²) in [5.41, 5.74) is 0. The van der Waals surface area contributed by atoms with Gasteiger partial charge < -0.3 is 9.84 Å². The predicted octanol–water partition coefficient (Wildman–Crippen LogP) is 5.10. The molecule has 122 valence electrons. The molecule has 1 saturated heterocycles. The Hall–Kier alpha value is -0.830. The number of hydrogen-bond donors (Lipinski definition) is 1. The molecule has 1 heterocycles. The van der Waals surface area contributed by atoms with Gasteiger partial charge in [-0.2, -0.15) is 0 Å². The van der Waals surface area contributed by atoms with Gasteiger partial charge in [0.2, 0.25) is 0 Å². The fraction of sp³-hybridized carbons (Fsp3) is 0.833. The SMILES string of the molecule is [2H]/C(CCCCCCCC(=O)O)=C(\[2H])C[C@]1([2H])O[C@]1([2H])CCCCC. The second-order valence-corrected chi connectivity index (χ2v) is 5.60. The molecule has 0 aromatic carbocycles. The molecule has 2 atom stereocenters. The van der Waals surface area contributed by atoms with E-state index in [-0.39, 0.29) is 24.9 Å². The Balaban J connectivity index is 2.26. The highest BCUT2D eigenvalue weighted by atomic mass is 16.6. The Morgan fingerprint density at radius 1 is 1.14 bits per heavy atom. The number of unbranched alkanes of at least 4 members (excludes halogenated alkanes) is 6. The van der Waals surface area contributed by atoms with Gasteiger partial charge in [0.1, 0.15) is 0 Å². The summed E-state index contributed by atoms with van der Waals surface area (Å²) in [7, 11) is 0. The zero-order chi connectivity index (χ0) is 18.9. The van der Waals surface area contributed by atoms with Gasteiger partial charge in [0, 0.05) is 6.42 Å². The molecular weight excluding hydrogens is 264 g/mol.